The standard InChI is InChI=1S/2C8H11.2C6H5NO3.Zr/c2*1-6-4-5-7(2)8(6)3;2*8-6-3-1-2-5(4-6)7(9)10;/h2*4-5H,1-3H3;2*1-4,8H;/q2*-1;;;+2. The smallest absolute Gasteiger partial charge is 0.508 e. The predicted molar refractivity (Wildman–Crippen MR) is 142 cm³/mol. The van der Waals surface area contributed by atoms with Gasteiger partial charge in [-0.05, 0) is 12.1 Å². The number of rotatable bonds is 2. The van der Waals surface area contributed by atoms with Crippen LogP contribution in [0.1, 0.15) is 33.4 Å². The van der Waals surface area contributed by atoms with Gasteiger partial charge < -0.3 is 10.2 Å². The number of phenolic OH excluding ortho intramolecular Hbond substituents is 2. The van der Waals surface area contributed by atoms with Gasteiger partial charge in [-0.2, -0.15) is 45.5 Å². The molecule has 194 valence electrons. The number of hydrogen-bond donors (Lipinski definition) is 2. The van der Waals surface area contributed by atoms with Crippen LogP contribution in [-0.4, -0.2) is 20.1 Å². The Morgan fingerprint density at radius 1 is 0.649 bits per heavy atom. The zero-order chi connectivity index (χ0) is 27.4. The van der Waals surface area contributed by atoms with Crippen molar-refractivity contribution < 1.29 is 46.3 Å². The third-order valence-electron chi connectivity index (χ3n) is 5.61. The fourth-order valence-corrected chi connectivity index (χ4v) is 2.84. The Morgan fingerprint density at radius 2 is 0.973 bits per heavy atom. The van der Waals surface area contributed by atoms with E-state index in [2.05, 4.69) is 65.8 Å². The van der Waals surface area contributed by atoms with E-state index in [1.165, 1.54) is 69.8 Å². The molecule has 0 bridgehead atoms. The second-order valence-electron chi connectivity index (χ2n) is 8.20. The summed E-state index contributed by atoms with van der Waals surface area (Å²) in [6.07, 6.45) is 0. The molecule has 4 aromatic rings. The molecular formula is C28H32N2O6Zr. The first-order valence-electron chi connectivity index (χ1n) is 11.1. The average molecular weight is 584 g/mol. The minimum atomic E-state index is -0.556. The average Bonchev–Trinajstić information content (AvgIpc) is 3.29. The van der Waals surface area contributed by atoms with Crippen LogP contribution < -0.4 is 0 Å². The van der Waals surface area contributed by atoms with Crippen molar-refractivity contribution >= 4 is 11.4 Å². The molecule has 0 fully saturated rings. The SMILES string of the molecule is Cc1cc[c-](C)c1C.Cc1cc[c-](C)c1C.O=[N+]([O-])c1cccc(O)c1.O=[N+]([O-])c1cccc(O)c1.[Zr+2]. The van der Waals surface area contributed by atoms with Gasteiger partial charge in [0, 0.05) is 12.1 Å². The van der Waals surface area contributed by atoms with Gasteiger partial charge in [0.05, 0.1) is 22.0 Å². The van der Waals surface area contributed by atoms with E-state index < -0.39 is 9.85 Å². The van der Waals surface area contributed by atoms with Gasteiger partial charge in [-0.1, -0.05) is 53.7 Å². The van der Waals surface area contributed by atoms with Crippen LogP contribution in [0.3, 0.4) is 0 Å². The number of nitro benzene ring substituents is 2. The van der Waals surface area contributed by atoms with Gasteiger partial charge in [0.1, 0.15) is 11.5 Å². The predicted octanol–water partition coefficient (Wildman–Crippen LogP) is 7.26. The van der Waals surface area contributed by atoms with Crippen molar-refractivity contribution in [3.05, 3.63) is 126 Å². The maximum atomic E-state index is 10.0. The van der Waals surface area contributed by atoms with Crippen molar-refractivity contribution in [3.63, 3.8) is 0 Å². The number of aromatic hydroxyl groups is 2. The third-order valence-corrected chi connectivity index (χ3v) is 5.61. The molecule has 0 aliphatic carbocycles. The second kappa shape index (κ2) is 16.2. The van der Waals surface area contributed by atoms with Crippen LogP contribution in [-0.2, 0) is 26.2 Å². The van der Waals surface area contributed by atoms with E-state index in [-0.39, 0.29) is 49.1 Å². The Hall–Kier alpha value is -3.58. The maximum absolute atomic E-state index is 10.0. The van der Waals surface area contributed by atoms with E-state index in [0.717, 1.165) is 12.1 Å². The first kappa shape index (κ1) is 33.4. The zero-order valence-electron chi connectivity index (χ0n) is 21.9. The summed E-state index contributed by atoms with van der Waals surface area (Å²) in [5.41, 5.74) is 8.30. The van der Waals surface area contributed by atoms with Crippen LogP contribution in [0.25, 0.3) is 0 Å². The van der Waals surface area contributed by atoms with Crippen molar-refractivity contribution in [2.45, 2.75) is 41.5 Å². The molecule has 4 aromatic carbocycles. The molecule has 37 heavy (non-hydrogen) atoms. The summed E-state index contributed by atoms with van der Waals surface area (Å²) in [5.74, 6) is -0.177. The number of non-ortho nitro benzene ring substituents is 2. The van der Waals surface area contributed by atoms with E-state index in [9.17, 15) is 20.2 Å². The molecule has 0 saturated carbocycles. The van der Waals surface area contributed by atoms with E-state index in [4.69, 9.17) is 10.2 Å². The Kier molecular flexibility index (Phi) is 14.7. The van der Waals surface area contributed by atoms with E-state index in [0.29, 0.717) is 0 Å². The molecule has 0 aliphatic rings. The molecular weight excluding hydrogens is 552 g/mol. The van der Waals surface area contributed by atoms with Crippen LogP contribution in [0.2, 0.25) is 0 Å². The fraction of sp³-hybridized carbons (Fsp3) is 0.214. The van der Waals surface area contributed by atoms with E-state index >= 15 is 0 Å². The molecule has 0 aromatic heterocycles. The van der Waals surface area contributed by atoms with Crippen molar-refractivity contribution in [3.8, 4) is 11.5 Å². The first-order valence-corrected chi connectivity index (χ1v) is 11.1. The monoisotopic (exact) mass is 582 g/mol. The third kappa shape index (κ3) is 11.8. The Balaban J connectivity index is 0.000000465. The number of aryl methyl sites for hydroxylation is 4. The molecule has 0 aliphatic heterocycles. The van der Waals surface area contributed by atoms with Gasteiger partial charge in [-0.3, -0.25) is 20.2 Å². The molecule has 2 N–H and O–H groups in total. The summed E-state index contributed by atoms with van der Waals surface area (Å²) in [5, 5.41) is 37.6. The first-order chi connectivity index (χ1) is 16.8. The van der Waals surface area contributed by atoms with Crippen LogP contribution in [0, 0.1) is 61.8 Å². The summed E-state index contributed by atoms with van der Waals surface area (Å²) in [7, 11) is 0. The Morgan fingerprint density at radius 3 is 1.11 bits per heavy atom. The molecule has 0 unspecified atom stereocenters. The summed E-state index contributed by atoms with van der Waals surface area (Å²) >= 11 is 0. The minimum Gasteiger partial charge on any atom is -0.508 e. The summed E-state index contributed by atoms with van der Waals surface area (Å²) < 4.78 is 0. The summed E-state index contributed by atoms with van der Waals surface area (Å²) in [4.78, 5) is 19.0. The van der Waals surface area contributed by atoms with E-state index in [1.807, 2.05) is 0 Å². The molecule has 0 atom stereocenters. The minimum absolute atomic E-state index is 0. The zero-order valence-corrected chi connectivity index (χ0v) is 24.3. The van der Waals surface area contributed by atoms with Crippen LogP contribution >= 0.6 is 0 Å². The van der Waals surface area contributed by atoms with Crippen molar-refractivity contribution in [1.29, 1.82) is 0 Å². The Labute approximate surface area is 236 Å². The van der Waals surface area contributed by atoms with Gasteiger partial charge in [0.15, 0.2) is 0 Å². The molecule has 9 heteroatoms. The number of phenols is 2. The van der Waals surface area contributed by atoms with Gasteiger partial charge in [0.2, 0.25) is 0 Å². The van der Waals surface area contributed by atoms with Gasteiger partial charge >= 0.3 is 26.2 Å². The molecule has 0 radical (unpaired) electrons. The van der Waals surface area contributed by atoms with Gasteiger partial charge in [-0.15, -0.1) is 0 Å². The van der Waals surface area contributed by atoms with Crippen molar-refractivity contribution in [2.24, 2.45) is 0 Å². The molecule has 0 heterocycles. The summed E-state index contributed by atoms with van der Waals surface area (Å²) in [6, 6.07) is 19.1. The van der Waals surface area contributed by atoms with Crippen molar-refractivity contribution in [2.75, 3.05) is 0 Å². The normalized spacial score (nSPS) is 9.24. The quantitative estimate of drug-likeness (QED) is 0.145. The molecule has 0 amide bonds. The number of hydrogen-bond acceptors (Lipinski definition) is 6. The van der Waals surface area contributed by atoms with Gasteiger partial charge in [0.25, 0.3) is 11.4 Å². The Bertz CT molecular complexity index is 1150. The largest absolute Gasteiger partial charge is 2.00 e. The number of nitrogens with zero attached hydrogens (tertiary/aromatic N) is 2. The number of benzene rings is 2. The van der Waals surface area contributed by atoms with E-state index in [1.54, 1.807) is 0 Å². The van der Waals surface area contributed by atoms with Crippen LogP contribution in [0.15, 0.2) is 72.8 Å². The topological polar surface area (TPSA) is 127 Å². The molecule has 0 spiro atoms. The van der Waals surface area contributed by atoms with Gasteiger partial charge in [-0.25, -0.2) is 12.1 Å². The maximum Gasteiger partial charge on any atom is 2.00 e. The second-order valence-corrected chi connectivity index (χ2v) is 8.20. The molecule has 4 rings (SSSR count). The van der Waals surface area contributed by atoms with Crippen LogP contribution in [0.5, 0.6) is 11.5 Å². The molecule has 8 nitrogen and oxygen atoms in total. The number of nitro groups is 2. The fourth-order valence-electron chi connectivity index (χ4n) is 2.84. The summed E-state index contributed by atoms with van der Waals surface area (Å²) in [6.45, 7) is 12.9. The molecule has 0 saturated heterocycles. The van der Waals surface area contributed by atoms with Crippen LogP contribution in [0.4, 0.5) is 11.4 Å². The van der Waals surface area contributed by atoms with Crippen molar-refractivity contribution in [1.82, 2.24) is 0 Å².